The van der Waals surface area contributed by atoms with Gasteiger partial charge in [-0.2, -0.15) is 0 Å². The third-order valence-electron chi connectivity index (χ3n) is 7.41. The van der Waals surface area contributed by atoms with Crippen molar-refractivity contribution in [3.8, 4) is 0 Å². The molecule has 30 heavy (non-hydrogen) atoms. The SMILES string of the molecule is NCC1CC12CCN(Cc1ccc3c(c1)C(=O)N(C1CCC(=O)NC1=O)C3=O)CC2. The van der Waals surface area contributed by atoms with E-state index >= 15 is 0 Å². The molecule has 1 spiro atoms. The lowest BCUT2D eigenvalue weighted by molar-refractivity contribution is -0.136. The summed E-state index contributed by atoms with van der Waals surface area (Å²) < 4.78 is 0. The molecule has 158 valence electrons. The smallest absolute Gasteiger partial charge is 0.262 e. The molecule has 2 saturated heterocycles. The normalized spacial score (nSPS) is 28.1. The van der Waals surface area contributed by atoms with Gasteiger partial charge >= 0.3 is 0 Å². The number of fused-ring (bicyclic) bond motifs is 1. The Morgan fingerprint density at radius 3 is 2.47 bits per heavy atom. The number of piperidine rings is 2. The quantitative estimate of drug-likeness (QED) is 0.705. The molecule has 3 heterocycles. The maximum atomic E-state index is 13.0. The highest BCUT2D eigenvalue weighted by molar-refractivity contribution is 6.23. The molecule has 8 heteroatoms. The number of rotatable bonds is 4. The highest BCUT2D eigenvalue weighted by atomic mass is 16.2. The zero-order chi connectivity index (χ0) is 21.0. The number of carbonyl (C=O) groups excluding carboxylic acids is 4. The van der Waals surface area contributed by atoms with E-state index in [1.165, 1.54) is 19.3 Å². The fourth-order valence-electron chi connectivity index (χ4n) is 5.41. The Balaban J connectivity index is 1.28. The molecule has 1 saturated carbocycles. The molecule has 4 amide bonds. The largest absolute Gasteiger partial charge is 0.330 e. The van der Waals surface area contributed by atoms with Gasteiger partial charge in [-0.15, -0.1) is 0 Å². The highest BCUT2D eigenvalue weighted by Crippen LogP contribution is 2.58. The van der Waals surface area contributed by atoms with Gasteiger partial charge in [0.25, 0.3) is 11.8 Å². The Bertz CT molecular complexity index is 950. The van der Waals surface area contributed by atoms with Crippen molar-refractivity contribution in [2.45, 2.75) is 44.7 Å². The van der Waals surface area contributed by atoms with E-state index in [4.69, 9.17) is 5.73 Å². The fraction of sp³-hybridized carbons (Fsp3) is 0.545. The summed E-state index contributed by atoms with van der Waals surface area (Å²) in [5.74, 6) is -1.19. The third-order valence-corrected chi connectivity index (χ3v) is 7.41. The summed E-state index contributed by atoms with van der Waals surface area (Å²) in [4.78, 5) is 52.7. The van der Waals surface area contributed by atoms with Crippen LogP contribution in [0.15, 0.2) is 18.2 Å². The van der Waals surface area contributed by atoms with Crippen LogP contribution < -0.4 is 11.1 Å². The number of imide groups is 2. The predicted octanol–water partition coefficient (Wildman–Crippen LogP) is 0.649. The van der Waals surface area contributed by atoms with E-state index in [0.29, 0.717) is 22.5 Å². The van der Waals surface area contributed by atoms with Crippen LogP contribution in [-0.2, 0) is 16.1 Å². The van der Waals surface area contributed by atoms with Crippen molar-refractivity contribution >= 4 is 23.6 Å². The van der Waals surface area contributed by atoms with Crippen molar-refractivity contribution in [3.05, 3.63) is 34.9 Å². The van der Waals surface area contributed by atoms with E-state index in [9.17, 15) is 19.2 Å². The number of amides is 4. The van der Waals surface area contributed by atoms with Crippen molar-refractivity contribution in [1.29, 1.82) is 0 Å². The zero-order valence-electron chi connectivity index (χ0n) is 16.9. The van der Waals surface area contributed by atoms with Crippen molar-refractivity contribution in [2.24, 2.45) is 17.1 Å². The van der Waals surface area contributed by atoms with E-state index in [1.54, 1.807) is 12.1 Å². The third kappa shape index (κ3) is 3.06. The predicted molar refractivity (Wildman–Crippen MR) is 107 cm³/mol. The first-order valence-electron chi connectivity index (χ1n) is 10.7. The lowest BCUT2D eigenvalue weighted by Crippen LogP contribution is -2.54. The number of nitrogens with zero attached hydrogens (tertiary/aromatic N) is 2. The molecule has 4 aliphatic rings. The number of hydrogen-bond donors (Lipinski definition) is 2. The average molecular weight is 410 g/mol. The lowest BCUT2D eigenvalue weighted by atomic mass is 9.90. The first-order chi connectivity index (χ1) is 14.4. The van der Waals surface area contributed by atoms with E-state index in [2.05, 4.69) is 10.2 Å². The fourth-order valence-corrected chi connectivity index (χ4v) is 5.41. The molecule has 2 atom stereocenters. The van der Waals surface area contributed by atoms with Crippen LogP contribution >= 0.6 is 0 Å². The van der Waals surface area contributed by atoms with Crippen LogP contribution in [0.3, 0.4) is 0 Å². The van der Waals surface area contributed by atoms with Gasteiger partial charge in [0.1, 0.15) is 6.04 Å². The van der Waals surface area contributed by atoms with Crippen LogP contribution in [0.4, 0.5) is 0 Å². The van der Waals surface area contributed by atoms with Crippen molar-refractivity contribution < 1.29 is 19.2 Å². The Kier molecular flexibility index (Phi) is 4.52. The molecule has 0 aromatic heterocycles. The van der Waals surface area contributed by atoms with Crippen molar-refractivity contribution in [1.82, 2.24) is 15.1 Å². The van der Waals surface area contributed by atoms with E-state index in [1.807, 2.05) is 6.07 Å². The van der Waals surface area contributed by atoms with Gasteiger partial charge in [-0.1, -0.05) is 6.07 Å². The Hall–Kier alpha value is -2.58. The van der Waals surface area contributed by atoms with Gasteiger partial charge in [0, 0.05) is 13.0 Å². The maximum Gasteiger partial charge on any atom is 0.262 e. The number of nitrogens with one attached hydrogen (secondary N) is 1. The summed E-state index contributed by atoms with van der Waals surface area (Å²) in [6.07, 6.45) is 3.88. The second-order valence-electron chi connectivity index (χ2n) is 9.10. The summed E-state index contributed by atoms with van der Waals surface area (Å²) in [5.41, 5.74) is 7.97. The molecular weight excluding hydrogens is 384 g/mol. The van der Waals surface area contributed by atoms with E-state index in [0.717, 1.165) is 36.6 Å². The lowest BCUT2D eigenvalue weighted by Gasteiger charge is -2.33. The summed E-state index contributed by atoms with van der Waals surface area (Å²) in [7, 11) is 0. The zero-order valence-corrected chi connectivity index (χ0v) is 16.9. The Labute approximate surface area is 174 Å². The average Bonchev–Trinajstić information content (AvgIpc) is 3.37. The first kappa shape index (κ1) is 19.4. The molecule has 3 aliphatic heterocycles. The van der Waals surface area contributed by atoms with Crippen molar-refractivity contribution in [2.75, 3.05) is 19.6 Å². The van der Waals surface area contributed by atoms with Gasteiger partial charge in [-0.3, -0.25) is 34.3 Å². The Morgan fingerprint density at radius 1 is 1.07 bits per heavy atom. The number of hydrogen-bond acceptors (Lipinski definition) is 6. The molecule has 1 aromatic rings. The molecule has 1 aliphatic carbocycles. The van der Waals surface area contributed by atoms with Gasteiger partial charge < -0.3 is 5.73 Å². The van der Waals surface area contributed by atoms with Crippen LogP contribution in [-0.4, -0.2) is 59.1 Å². The summed E-state index contributed by atoms with van der Waals surface area (Å²) in [6.45, 7) is 3.55. The molecule has 3 N–H and O–H groups in total. The standard InChI is InChI=1S/C22H26N4O4/c23-11-14-10-22(14)5-7-25(8-6-22)12-13-1-2-15-16(9-13)21(30)26(20(15)29)17-3-4-18(27)24-19(17)28/h1-2,9,14,17H,3-8,10-12,23H2,(H,24,27,28). The van der Waals surface area contributed by atoms with Crippen LogP contribution in [0.25, 0.3) is 0 Å². The summed E-state index contributed by atoms with van der Waals surface area (Å²) in [5, 5.41) is 2.22. The number of likely N-dealkylation sites (tertiary alicyclic amines) is 1. The summed E-state index contributed by atoms with van der Waals surface area (Å²) >= 11 is 0. The van der Waals surface area contributed by atoms with E-state index < -0.39 is 23.8 Å². The summed E-state index contributed by atoms with van der Waals surface area (Å²) in [6, 6.07) is 4.44. The second kappa shape index (κ2) is 6.99. The topological polar surface area (TPSA) is 113 Å². The van der Waals surface area contributed by atoms with Crippen LogP contribution in [0.1, 0.15) is 58.4 Å². The molecule has 1 aromatic carbocycles. The van der Waals surface area contributed by atoms with Crippen molar-refractivity contribution in [3.63, 3.8) is 0 Å². The molecular formula is C22H26N4O4. The van der Waals surface area contributed by atoms with Gasteiger partial charge in [-0.05, 0) is 74.3 Å². The number of benzene rings is 1. The second-order valence-corrected chi connectivity index (χ2v) is 9.10. The molecule has 0 bridgehead atoms. The first-order valence-corrected chi connectivity index (χ1v) is 10.7. The van der Waals surface area contributed by atoms with Crippen LogP contribution in [0.5, 0.6) is 0 Å². The van der Waals surface area contributed by atoms with Gasteiger partial charge in [0.15, 0.2) is 0 Å². The number of nitrogens with two attached hydrogens (primary N) is 1. The minimum Gasteiger partial charge on any atom is -0.330 e. The Morgan fingerprint density at radius 2 is 1.80 bits per heavy atom. The molecule has 5 rings (SSSR count). The van der Waals surface area contributed by atoms with Gasteiger partial charge in [0.2, 0.25) is 11.8 Å². The number of carbonyl (C=O) groups is 4. The minimum absolute atomic E-state index is 0.122. The molecule has 8 nitrogen and oxygen atoms in total. The van der Waals surface area contributed by atoms with E-state index in [-0.39, 0.29) is 18.7 Å². The maximum absolute atomic E-state index is 13.0. The van der Waals surface area contributed by atoms with Crippen LogP contribution in [0, 0.1) is 11.3 Å². The molecule has 3 fully saturated rings. The van der Waals surface area contributed by atoms with Gasteiger partial charge in [-0.25, -0.2) is 0 Å². The van der Waals surface area contributed by atoms with Crippen LogP contribution in [0.2, 0.25) is 0 Å². The molecule has 2 unspecified atom stereocenters. The minimum atomic E-state index is -0.925. The monoisotopic (exact) mass is 410 g/mol. The van der Waals surface area contributed by atoms with Gasteiger partial charge in [0.05, 0.1) is 11.1 Å². The highest BCUT2D eigenvalue weighted by Gasteiger charge is 2.53. The molecule has 0 radical (unpaired) electrons.